The third kappa shape index (κ3) is 3.20. The fourth-order valence-corrected chi connectivity index (χ4v) is 1.93. The third-order valence-electron chi connectivity index (χ3n) is 3.04. The SMILES string of the molecule is CN(CCOc1nc(Cl)nc(-n2cncn2)n1)C1CC1. The molecule has 0 N–H and O–H groups in total. The number of hydrogen-bond acceptors (Lipinski definition) is 7. The van der Waals surface area contributed by atoms with Gasteiger partial charge in [-0.2, -0.15) is 24.7 Å². The van der Waals surface area contributed by atoms with Crippen LogP contribution in [-0.2, 0) is 0 Å². The van der Waals surface area contributed by atoms with E-state index in [-0.39, 0.29) is 17.2 Å². The highest BCUT2D eigenvalue weighted by atomic mass is 35.5. The Kier molecular flexibility index (Phi) is 3.75. The molecule has 1 fully saturated rings. The molecular formula is C11H14ClN7O. The molecule has 0 unspecified atom stereocenters. The van der Waals surface area contributed by atoms with Gasteiger partial charge in [0, 0.05) is 12.6 Å². The second kappa shape index (κ2) is 5.68. The fraction of sp³-hybridized carbons (Fsp3) is 0.545. The van der Waals surface area contributed by atoms with Crippen molar-refractivity contribution in [2.75, 3.05) is 20.2 Å². The molecule has 2 aromatic rings. The number of rotatable bonds is 6. The molecule has 9 heteroatoms. The van der Waals surface area contributed by atoms with Crippen molar-refractivity contribution in [2.24, 2.45) is 0 Å². The molecule has 0 bridgehead atoms. The molecule has 20 heavy (non-hydrogen) atoms. The highest BCUT2D eigenvalue weighted by molar-refractivity contribution is 6.28. The number of nitrogens with zero attached hydrogens (tertiary/aromatic N) is 7. The van der Waals surface area contributed by atoms with Gasteiger partial charge >= 0.3 is 6.01 Å². The Morgan fingerprint density at radius 1 is 1.40 bits per heavy atom. The van der Waals surface area contributed by atoms with Gasteiger partial charge in [-0.1, -0.05) is 0 Å². The van der Waals surface area contributed by atoms with Crippen LogP contribution in [0.4, 0.5) is 0 Å². The largest absolute Gasteiger partial charge is 0.462 e. The van der Waals surface area contributed by atoms with Crippen LogP contribution in [0, 0.1) is 0 Å². The normalized spacial score (nSPS) is 14.8. The quantitative estimate of drug-likeness (QED) is 0.771. The first-order valence-electron chi connectivity index (χ1n) is 6.32. The monoisotopic (exact) mass is 295 g/mol. The van der Waals surface area contributed by atoms with E-state index in [1.165, 1.54) is 30.2 Å². The summed E-state index contributed by atoms with van der Waals surface area (Å²) in [5, 5.41) is 4.00. The second-order valence-corrected chi connectivity index (χ2v) is 4.93. The molecule has 2 aromatic heterocycles. The topological polar surface area (TPSA) is 81.9 Å². The zero-order valence-corrected chi connectivity index (χ0v) is 11.7. The number of hydrogen-bond donors (Lipinski definition) is 0. The Morgan fingerprint density at radius 3 is 2.95 bits per heavy atom. The van der Waals surface area contributed by atoms with Gasteiger partial charge in [-0.25, -0.2) is 4.98 Å². The highest BCUT2D eigenvalue weighted by Gasteiger charge is 2.25. The first kappa shape index (κ1) is 13.2. The van der Waals surface area contributed by atoms with Crippen LogP contribution in [0.15, 0.2) is 12.7 Å². The standard InChI is InChI=1S/C11H14ClN7O/c1-18(8-2-3-8)4-5-20-11-16-9(12)15-10(17-11)19-7-13-6-14-19/h6-8H,2-5H2,1H3. The first-order chi connectivity index (χ1) is 9.72. The summed E-state index contributed by atoms with van der Waals surface area (Å²) in [6, 6.07) is 0.894. The van der Waals surface area contributed by atoms with Crippen LogP contribution in [0.25, 0.3) is 5.95 Å². The zero-order chi connectivity index (χ0) is 13.9. The Hall–Kier alpha value is -1.80. The number of ether oxygens (including phenoxy) is 1. The number of aromatic nitrogens is 6. The Balaban J connectivity index is 1.63. The lowest BCUT2D eigenvalue weighted by molar-refractivity contribution is 0.219. The van der Waals surface area contributed by atoms with E-state index in [9.17, 15) is 0 Å². The van der Waals surface area contributed by atoms with E-state index < -0.39 is 0 Å². The molecule has 1 aliphatic rings. The van der Waals surface area contributed by atoms with Crippen molar-refractivity contribution >= 4 is 11.6 Å². The maximum absolute atomic E-state index is 5.85. The molecule has 106 valence electrons. The van der Waals surface area contributed by atoms with Gasteiger partial charge in [0.2, 0.25) is 5.28 Å². The van der Waals surface area contributed by atoms with Crippen molar-refractivity contribution in [3.8, 4) is 12.0 Å². The maximum atomic E-state index is 5.85. The van der Waals surface area contributed by atoms with Crippen molar-refractivity contribution < 1.29 is 4.74 Å². The number of likely N-dealkylation sites (N-methyl/N-ethyl adjacent to an activating group) is 1. The highest BCUT2D eigenvalue weighted by Crippen LogP contribution is 2.24. The lowest BCUT2D eigenvalue weighted by atomic mass is 10.5. The molecule has 2 heterocycles. The fourth-order valence-electron chi connectivity index (χ4n) is 1.78. The summed E-state index contributed by atoms with van der Waals surface area (Å²) in [7, 11) is 2.09. The molecule has 1 saturated carbocycles. The Bertz CT molecular complexity index is 572. The smallest absolute Gasteiger partial charge is 0.322 e. The van der Waals surface area contributed by atoms with Crippen LogP contribution in [0.2, 0.25) is 5.28 Å². The van der Waals surface area contributed by atoms with Gasteiger partial charge in [0.25, 0.3) is 5.95 Å². The minimum atomic E-state index is 0.0658. The van der Waals surface area contributed by atoms with E-state index in [2.05, 4.69) is 37.0 Å². The summed E-state index contributed by atoms with van der Waals surface area (Å²) in [5.41, 5.74) is 0. The second-order valence-electron chi connectivity index (χ2n) is 4.59. The molecule has 3 rings (SSSR count). The summed E-state index contributed by atoms with van der Waals surface area (Å²) in [4.78, 5) is 18.2. The van der Waals surface area contributed by atoms with Crippen molar-refractivity contribution in [1.29, 1.82) is 0 Å². The van der Waals surface area contributed by atoms with Crippen LogP contribution >= 0.6 is 11.6 Å². The third-order valence-corrected chi connectivity index (χ3v) is 3.21. The molecule has 0 atom stereocenters. The molecule has 0 aliphatic heterocycles. The summed E-state index contributed by atoms with van der Waals surface area (Å²) in [5.74, 6) is 0.285. The number of halogens is 1. The summed E-state index contributed by atoms with van der Waals surface area (Å²) >= 11 is 5.85. The molecule has 0 spiro atoms. The molecule has 0 aromatic carbocycles. The average Bonchev–Trinajstić information content (AvgIpc) is 3.13. The van der Waals surface area contributed by atoms with Gasteiger partial charge in [0.05, 0.1) is 0 Å². The van der Waals surface area contributed by atoms with Crippen molar-refractivity contribution in [3.63, 3.8) is 0 Å². The summed E-state index contributed by atoms with van der Waals surface area (Å²) in [6.07, 6.45) is 5.41. The molecule has 0 amide bonds. The first-order valence-corrected chi connectivity index (χ1v) is 6.70. The van der Waals surface area contributed by atoms with Crippen molar-refractivity contribution in [3.05, 3.63) is 17.9 Å². The molecule has 8 nitrogen and oxygen atoms in total. The van der Waals surface area contributed by atoms with Gasteiger partial charge in [-0.15, -0.1) is 0 Å². The summed E-state index contributed by atoms with van der Waals surface area (Å²) < 4.78 is 6.92. The lowest BCUT2D eigenvalue weighted by Gasteiger charge is -2.15. The minimum Gasteiger partial charge on any atom is -0.462 e. The van der Waals surface area contributed by atoms with Gasteiger partial charge < -0.3 is 9.64 Å². The van der Waals surface area contributed by atoms with Crippen LogP contribution in [-0.4, -0.2) is 60.9 Å². The molecule has 1 aliphatic carbocycles. The zero-order valence-electron chi connectivity index (χ0n) is 11.0. The average molecular weight is 296 g/mol. The predicted molar refractivity (Wildman–Crippen MR) is 70.9 cm³/mol. The van der Waals surface area contributed by atoms with E-state index >= 15 is 0 Å². The van der Waals surface area contributed by atoms with Crippen molar-refractivity contribution in [1.82, 2.24) is 34.6 Å². The molecular weight excluding hydrogens is 282 g/mol. The van der Waals surface area contributed by atoms with E-state index in [0.29, 0.717) is 12.6 Å². The Labute approximate surface area is 120 Å². The van der Waals surface area contributed by atoms with E-state index in [1.54, 1.807) is 0 Å². The molecule has 0 radical (unpaired) electrons. The van der Waals surface area contributed by atoms with Gasteiger partial charge in [-0.05, 0) is 31.5 Å². The van der Waals surface area contributed by atoms with Gasteiger partial charge in [0.15, 0.2) is 0 Å². The van der Waals surface area contributed by atoms with E-state index in [1.807, 2.05) is 0 Å². The maximum Gasteiger partial charge on any atom is 0.322 e. The van der Waals surface area contributed by atoms with E-state index in [0.717, 1.165) is 6.54 Å². The minimum absolute atomic E-state index is 0.0658. The van der Waals surface area contributed by atoms with Crippen molar-refractivity contribution in [2.45, 2.75) is 18.9 Å². The Morgan fingerprint density at radius 2 is 2.25 bits per heavy atom. The van der Waals surface area contributed by atoms with Crippen LogP contribution in [0.1, 0.15) is 12.8 Å². The van der Waals surface area contributed by atoms with Gasteiger partial charge in [0.1, 0.15) is 19.3 Å². The predicted octanol–water partition coefficient (Wildman–Crippen LogP) is 0.579. The summed E-state index contributed by atoms with van der Waals surface area (Å²) in [6.45, 7) is 1.33. The van der Waals surface area contributed by atoms with Crippen LogP contribution in [0.3, 0.4) is 0 Å². The molecule has 0 saturated heterocycles. The van der Waals surface area contributed by atoms with Crippen LogP contribution < -0.4 is 4.74 Å². The van der Waals surface area contributed by atoms with E-state index in [4.69, 9.17) is 16.3 Å². The van der Waals surface area contributed by atoms with Gasteiger partial charge in [-0.3, -0.25) is 0 Å². The van der Waals surface area contributed by atoms with Crippen LogP contribution in [0.5, 0.6) is 6.01 Å². The lowest BCUT2D eigenvalue weighted by Crippen LogP contribution is -2.26.